The highest BCUT2D eigenvalue weighted by Gasteiger charge is 2.12. The molecule has 0 aliphatic rings. The van der Waals surface area contributed by atoms with Crippen molar-refractivity contribution < 1.29 is 18.7 Å². The number of nitrogens with one attached hydrogen (secondary N) is 1. The van der Waals surface area contributed by atoms with Crippen molar-refractivity contribution in [3.63, 3.8) is 0 Å². The number of esters is 1. The highest BCUT2D eigenvalue weighted by atomic mass is 79.9. The van der Waals surface area contributed by atoms with Crippen molar-refractivity contribution in [3.8, 4) is 0 Å². The van der Waals surface area contributed by atoms with E-state index in [0.717, 1.165) is 10.0 Å². The van der Waals surface area contributed by atoms with Crippen LogP contribution in [0.25, 0.3) is 6.08 Å². The molecule has 0 aliphatic carbocycles. The van der Waals surface area contributed by atoms with Gasteiger partial charge in [0.15, 0.2) is 6.61 Å². The molecule has 0 saturated heterocycles. The van der Waals surface area contributed by atoms with Gasteiger partial charge in [-0.25, -0.2) is 4.79 Å². The van der Waals surface area contributed by atoms with Gasteiger partial charge in [-0.3, -0.25) is 4.79 Å². The maximum atomic E-state index is 11.7. The first-order valence-electron chi connectivity index (χ1n) is 6.98. The lowest BCUT2D eigenvalue weighted by Crippen LogP contribution is -2.30. The van der Waals surface area contributed by atoms with Crippen LogP contribution in [0.2, 0.25) is 0 Å². The molecule has 6 heteroatoms. The normalized spacial score (nSPS) is 12.1. The van der Waals surface area contributed by atoms with Crippen LogP contribution in [-0.4, -0.2) is 18.5 Å². The van der Waals surface area contributed by atoms with E-state index in [1.165, 1.54) is 12.3 Å². The average molecular weight is 378 g/mol. The van der Waals surface area contributed by atoms with Gasteiger partial charge in [-0.1, -0.05) is 28.1 Å². The Morgan fingerprint density at radius 2 is 2.04 bits per heavy atom. The number of furan rings is 1. The molecule has 1 heterocycles. The SMILES string of the molecule is C[C@H](NC(=O)COC(=O)/C=C/c1ccc(Br)cc1)c1ccco1. The number of hydrogen-bond acceptors (Lipinski definition) is 4. The zero-order valence-electron chi connectivity index (χ0n) is 12.5. The van der Waals surface area contributed by atoms with E-state index in [1.807, 2.05) is 24.3 Å². The van der Waals surface area contributed by atoms with Gasteiger partial charge in [-0.2, -0.15) is 0 Å². The van der Waals surface area contributed by atoms with Crippen LogP contribution in [0.5, 0.6) is 0 Å². The summed E-state index contributed by atoms with van der Waals surface area (Å²) in [4.78, 5) is 23.3. The molecule has 0 bridgehead atoms. The zero-order valence-corrected chi connectivity index (χ0v) is 14.1. The molecule has 1 N–H and O–H groups in total. The standard InChI is InChI=1S/C17H16BrNO4/c1-12(15-3-2-10-22-15)19-16(20)11-23-17(21)9-6-13-4-7-14(18)8-5-13/h2-10,12H,11H2,1H3,(H,19,20)/b9-6+/t12-/m0/s1. The number of rotatable bonds is 6. The smallest absolute Gasteiger partial charge is 0.331 e. The highest BCUT2D eigenvalue weighted by molar-refractivity contribution is 9.10. The van der Waals surface area contributed by atoms with Gasteiger partial charge in [0.1, 0.15) is 5.76 Å². The molecule has 0 spiro atoms. The Labute approximate surface area is 142 Å². The number of benzene rings is 1. The van der Waals surface area contributed by atoms with Gasteiger partial charge < -0.3 is 14.5 Å². The average Bonchev–Trinajstić information content (AvgIpc) is 3.07. The molecule has 23 heavy (non-hydrogen) atoms. The summed E-state index contributed by atoms with van der Waals surface area (Å²) in [5.74, 6) is -0.326. The van der Waals surface area contributed by atoms with E-state index < -0.39 is 5.97 Å². The van der Waals surface area contributed by atoms with Gasteiger partial charge in [-0.15, -0.1) is 0 Å². The maximum Gasteiger partial charge on any atom is 0.331 e. The topological polar surface area (TPSA) is 68.5 Å². The minimum absolute atomic E-state index is 0.283. The first-order chi connectivity index (χ1) is 11.0. The molecule has 2 aromatic rings. The summed E-state index contributed by atoms with van der Waals surface area (Å²) in [5.41, 5.74) is 0.862. The Morgan fingerprint density at radius 1 is 1.30 bits per heavy atom. The van der Waals surface area contributed by atoms with Crippen molar-refractivity contribution in [2.24, 2.45) is 0 Å². The van der Waals surface area contributed by atoms with Gasteiger partial charge in [-0.05, 0) is 42.8 Å². The van der Waals surface area contributed by atoms with E-state index in [9.17, 15) is 9.59 Å². The molecule has 5 nitrogen and oxygen atoms in total. The Bertz CT molecular complexity index is 677. The lowest BCUT2D eigenvalue weighted by molar-refractivity contribution is -0.144. The summed E-state index contributed by atoms with van der Waals surface area (Å²) in [5, 5.41) is 2.68. The van der Waals surface area contributed by atoms with Crippen LogP contribution in [0.15, 0.2) is 57.6 Å². The number of halogens is 1. The molecule has 2 rings (SSSR count). The largest absolute Gasteiger partial charge is 0.467 e. The van der Waals surface area contributed by atoms with Gasteiger partial charge in [0.25, 0.3) is 5.91 Å². The minimum atomic E-state index is -0.575. The predicted molar refractivity (Wildman–Crippen MR) is 89.4 cm³/mol. The van der Waals surface area contributed by atoms with E-state index in [4.69, 9.17) is 9.15 Å². The third-order valence-electron chi connectivity index (χ3n) is 2.97. The van der Waals surface area contributed by atoms with E-state index >= 15 is 0 Å². The van der Waals surface area contributed by atoms with Gasteiger partial charge in [0, 0.05) is 10.5 Å². The van der Waals surface area contributed by atoms with Crippen LogP contribution in [0, 0.1) is 0 Å². The fraction of sp³-hybridized carbons (Fsp3) is 0.176. The summed E-state index contributed by atoms with van der Waals surface area (Å²) >= 11 is 3.33. The second-order valence-corrected chi connectivity index (χ2v) is 5.71. The molecular formula is C17H16BrNO4. The summed E-state index contributed by atoms with van der Waals surface area (Å²) in [6.07, 6.45) is 4.44. The Kier molecular flexibility index (Phi) is 6.17. The van der Waals surface area contributed by atoms with E-state index in [-0.39, 0.29) is 18.6 Å². The van der Waals surface area contributed by atoms with Crippen LogP contribution in [0.3, 0.4) is 0 Å². The van der Waals surface area contributed by atoms with Crippen molar-refractivity contribution in [3.05, 3.63) is 64.5 Å². The second-order valence-electron chi connectivity index (χ2n) is 4.80. The summed E-state index contributed by atoms with van der Waals surface area (Å²) in [6, 6.07) is 10.7. The number of ether oxygens (including phenoxy) is 1. The maximum absolute atomic E-state index is 11.7. The Hall–Kier alpha value is -2.34. The summed E-state index contributed by atoms with van der Waals surface area (Å²) in [7, 11) is 0. The predicted octanol–water partition coefficient (Wildman–Crippen LogP) is 3.48. The van der Waals surface area contributed by atoms with Gasteiger partial charge in [0.2, 0.25) is 0 Å². The molecule has 120 valence electrons. The molecule has 0 radical (unpaired) electrons. The van der Waals surface area contributed by atoms with Crippen LogP contribution in [0.4, 0.5) is 0 Å². The molecule has 0 saturated carbocycles. The molecule has 1 amide bonds. The third kappa shape index (κ3) is 5.75. The van der Waals surface area contributed by atoms with E-state index in [0.29, 0.717) is 5.76 Å². The van der Waals surface area contributed by atoms with Crippen molar-refractivity contribution >= 4 is 33.9 Å². The Balaban J connectivity index is 1.75. The zero-order chi connectivity index (χ0) is 16.7. The lowest BCUT2D eigenvalue weighted by Gasteiger charge is -2.11. The van der Waals surface area contributed by atoms with E-state index in [2.05, 4.69) is 21.2 Å². The fourth-order valence-electron chi connectivity index (χ4n) is 1.81. The number of carbonyl (C=O) groups excluding carboxylic acids is 2. The van der Waals surface area contributed by atoms with Crippen molar-refractivity contribution in [1.82, 2.24) is 5.32 Å². The molecule has 1 aromatic heterocycles. The van der Waals surface area contributed by atoms with Crippen molar-refractivity contribution in [2.45, 2.75) is 13.0 Å². The second kappa shape index (κ2) is 8.33. The number of hydrogen-bond donors (Lipinski definition) is 1. The number of carbonyl (C=O) groups is 2. The van der Waals surface area contributed by atoms with E-state index in [1.54, 1.807) is 25.1 Å². The van der Waals surface area contributed by atoms with Gasteiger partial charge >= 0.3 is 5.97 Å². The quantitative estimate of drug-likeness (QED) is 0.617. The van der Waals surface area contributed by atoms with Crippen molar-refractivity contribution in [2.75, 3.05) is 6.61 Å². The molecule has 1 aromatic carbocycles. The monoisotopic (exact) mass is 377 g/mol. The third-order valence-corrected chi connectivity index (χ3v) is 3.50. The van der Waals surface area contributed by atoms with Gasteiger partial charge in [0.05, 0.1) is 12.3 Å². The molecule has 0 fully saturated rings. The van der Waals surface area contributed by atoms with Crippen LogP contribution in [0.1, 0.15) is 24.3 Å². The molecule has 1 atom stereocenters. The molecule has 0 unspecified atom stereocenters. The molecule has 0 aliphatic heterocycles. The molecular weight excluding hydrogens is 362 g/mol. The van der Waals surface area contributed by atoms with Crippen molar-refractivity contribution in [1.29, 1.82) is 0 Å². The summed E-state index contributed by atoms with van der Waals surface area (Å²) < 4.78 is 11.0. The number of amides is 1. The highest BCUT2D eigenvalue weighted by Crippen LogP contribution is 2.12. The fourth-order valence-corrected chi connectivity index (χ4v) is 2.08. The summed E-state index contributed by atoms with van der Waals surface area (Å²) in [6.45, 7) is 1.44. The van der Waals surface area contributed by atoms with Crippen LogP contribution in [-0.2, 0) is 14.3 Å². The minimum Gasteiger partial charge on any atom is -0.467 e. The first kappa shape index (κ1) is 17.0. The first-order valence-corrected chi connectivity index (χ1v) is 7.77. The van der Waals surface area contributed by atoms with Crippen LogP contribution < -0.4 is 5.32 Å². The van der Waals surface area contributed by atoms with Crippen LogP contribution >= 0.6 is 15.9 Å². The Morgan fingerprint density at radius 3 is 2.70 bits per heavy atom. The lowest BCUT2D eigenvalue weighted by atomic mass is 10.2.